The lowest BCUT2D eigenvalue weighted by molar-refractivity contribution is -0.193. The number of rotatable bonds is 4. The first-order chi connectivity index (χ1) is 16.7. The number of aromatic nitrogens is 1. The molecule has 2 aliphatic rings. The van der Waals surface area contributed by atoms with E-state index in [1.165, 1.54) is 10.4 Å². The normalized spacial score (nSPS) is 19.6. The van der Waals surface area contributed by atoms with Gasteiger partial charge in [0, 0.05) is 55.4 Å². The fourth-order valence-electron chi connectivity index (χ4n) is 3.70. The number of hydrogen-bond donors (Lipinski definition) is 2. The van der Waals surface area contributed by atoms with Crippen molar-refractivity contribution in [2.75, 3.05) is 6.54 Å². The molecule has 198 valence electrons. The van der Waals surface area contributed by atoms with Gasteiger partial charge in [-0.2, -0.15) is 26.3 Å². The smallest absolute Gasteiger partial charge is 0.475 e. The Labute approximate surface area is 204 Å². The molecule has 0 aromatic carbocycles. The number of fused-ring (bicyclic) bond motifs is 1. The molecule has 2 N–H and O–H groups in total. The third kappa shape index (κ3) is 8.48. The Morgan fingerprint density at radius 2 is 1.53 bits per heavy atom. The zero-order valence-corrected chi connectivity index (χ0v) is 19.2. The van der Waals surface area contributed by atoms with E-state index in [1.54, 1.807) is 23.7 Å². The summed E-state index contributed by atoms with van der Waals surface area (Å²) in [5, 5.41) is 16.4. The molecule has 2 aromatic heterocycles. The summed E-state index contributed by atoms with van der Waals surface area (Å²) in [6.45, 7) is 2.79. The Bertz CT molecular complexity index is 993. The first-order valence-electron chi connectivity index (χ1n) is 10.2. The molecule has 0 spiro atoms. The minimum absolute atomic E-state index is 0.294. The predicted molar refractivity (Wildman–Crippen MR) is 114 cm³/mol. The summed E-state index contributed by atoms with van der Waals surface area (Å²) in [5.41, 5.74) is 1.17. The lowest BCUT2D eigenvalue weighted by Gasteiger charge is -2.25. The van der Waals surface area contributed by atoms with E-state index in [2.05, 4.69) is 32.3 Å². The molecule has 0 radical (unpaired) electrons. The van der Waals surface area contributed by atoms with Crippen molar-refractivity contribution in [3.63, 3.8) is 0 Å². The molecule has 0 aliphatic carbocycles. The minimum atomic E-state index is -5.08. The van der Waals surface area contributed by atoms with Crippen LogP contribution in [-0.2, 0) is 27.5 Å². The molecular weight excluding hydrogens is 520 g/mol. The monoisotopic (exact) mass is 541 g/mol. The second-order valence-corrected chi connectivity index (χ2v) is 8.69. The number of carboxylic acid groups (broad SMARTS) is 2. The van der Waals surface area contributed by atoms with Gasteiger partial charge >= 0.3 is 24.3 Å². The molecule has 2 atom stereocenters. The standard InChI is InChI=1S/C17H19N3OS.2C2HF3O2/c21-17-10-16-15(20(17)11-13-3-6-18-7-4-13)5-8-19(16)12-14-2-1-9-22-14;2*3-2(4,5)1(6)7/h1-4,6-7,9,15-16H,5,8,10-12H2;2*(H,6,7)/t15-,16+;;/m0../s1. The number of aliphatic carboxylic acids is 2. The van der Waals surface area contributed by atoms with Gasteiger partial charge < -0.3 is 15.1 Å². The molecule has 4 rings (SSSR count). The Morgan fingerprint density at radius 3 is 2.00 bits per heavy atom. The summed E-state index contributed by atoms with van der Waals surface area (Å²) < 4.78 is 63.5. The van der Waals surface area contributed by atoms with Crippen molar-refractivity contribution in [2.24, 2.45) is 0 Å². The van der Waals surface area contributed by atoms with E-state index < -0.39 is 24.3 Å². The van der Waals surface area contributed by atoms with E-state index in [-0.39, 0.29) is 0 Å². The van der Waals surface area contributed by atoms with Crippen LogP contribution in [-0.4, -0.2) is 73.8 Å². The quantitative estimate of drug-likeness (QED) is 0.567. The first kappa shape index (κ1) is 29.0. The maximum Gasteiger partial charge on any atom is 0.490 e. The molecule has 2 aliphatic heterocycles. The van der Waals surface area contributed by atoms with Crippen molar-refractivity contribution in [3.05, 3.63) is 52.5 Å². The van der Waals surface area contributed by atoms with Gasteiger partial charge in [0.05, 0.1) is 0 Å². The molecule has 0 unspecified atom stereocenters. The highest BCUT2D eigenvalue weighted by atomic mass is 32.1. The van der Waals surface area contributed by atoms with Gasteiger partial charge in [-0.1, -0.05) is 6.07 Å². The van der Waals surface area contributed by atoms with Crippen LogP contribution in [0.15, 0.2) is 42.0 Å². The average Bonchev–Trinajstić information content (AvgIpc) is 3.49. The highest BCUT2D eigenvalue weighted by Crippen LogP contribution is 2.34. The molecule has 2 aromatic rings. The Balaban J connectivity index is 0.000000271. The summed E-state index contributed by atoms with van der Waals surface area (Å²) in [7, 11) is 0. The molecule has 2 fully saturated rings. The number of amides is 1. The molecule has 2 saturated heterocycles. The van der Waals surface area contributed by atoms with Gasteiger partial charge in [0.1, 0.15) is 0 Å². The van der Waals surface area contributed by atoms with Crippen molar-refractivity contribution in [1.82, 2.24) is 14.8 Å². The van der Waals surface area contributed by atoms with Crippen LogP contribution in [0.3, 0.4) is 0 Å². The van der Waals surface area contributed by atoms with Crippen molar-refractivity contribution >= 4 is 29.2 Å². The largest absolute Gasteiger partial charge is 0.490 e. The zero-order chi connectivity index (χ0) is 27.1. The van der Waals surface area contributed by atoms with Gasteiger partial charge in [-0.05, 0) is 35.6 Å². The van der Waals surface area contributed by atoms with E-state index in [4.69, 9.17) is 19.8 Å². The molecule has 0 saturated carbocycles. The maximum atomic E-state index is 12.4. The van der Waals surface area contributed by atoms with Crippen LogP contribution in [0.4, 0.5) is 26.3 Å². The van der Waals surface area contributed by atoms with Crippen LogP contribution < -0.4 is 0 Å². The number of pyridine rings is 1. The molecule has 0 bridgehead atoms. The van der Waals surface area contributed by atoms with Gasteiger partial charge in [0.15, 0.2) is 0 Å². The van der Waals surface area contributed by atoms with Gasteiger partial charge in [-0.3, -0.25) is 14.7 Å². The van der Waals surface area contributed by atoms with Crippen LogP contribution in [0.1, 0.15) is 23.3 Å². The van der Waals surface area contributed by atoms with E-state index in [1.807, 2.05) is 12.1 Å². The predicted octanol–water partition coefficient (Wildman–Crippen LogP) is 3.79. The minimum Gasteiger partial charge on any atom is -0.475 e. The van der Waals surface area contributed by atoms with E-state index in [0.717, 1.165) is 26.1 Å². The number of carboxylic acids is 2. The fraction of sp³-hybridized carbons (Fsp3) is 0.429. The summed E-state index contributed by atoms with van der Waals surface area (Å²) >= 11 is 1.80. The number of nitrogens with zero attached hydrogens (tertiary/aromatic N) is 3. The Morgan fingerprint density at radius 1 is 0.972 bits per heavy atom. The van der Waals surface area contributed by atoms with Crippen LogP contribution in [0.2, 0.25) is 0 Å². The number of hydrogen-bond acceptors (Lipinski definition) is 6. The van der Waals surface area contributed by atoms with Crippen molar-refractivity contribution in [1.29, 1.82) is 0 Å². The number of halogens is 6. The highest BCUT2D eigenvalue weighted by Gasteiger charge is 2.46. The summed E-state index contributed by atoms with van der Waals surface area (Å²) in [6, 6.07) is 9.04. The van der Waals surface area contributed by atoms with E-state index >= 15 is 0 Å². The Kier molecular flexibility index (Phi) is 9.81. The summed E-state index contributed by atoms with van der Waals surface area (Å²) in [6.07, 6.45) is -4.82. The molecule has 8 nitrogen and oxygen atoms in total. The van der Waals surface area contributed by atoms with Gasteiger partial charge in [-0.25, -0.2) is 9.59 Å². The first-order valence-corrected chi connectivity index (χ1v) is 11.1. The third-order valence-electron chi connectivity index (χ3n) is 5.26. The second-order valence-electron chi connectivity index (χ2n) is 7.66. The van der Waals surface area contributed by atoms with Crippen LogP contribution in [0, 0.1) is 0 Å². The number of likely N-dealkylation sites (tertiary alicyclic amines) is 2. The van der Waals surface area contributed by atoms with Crippen molar-refractivity contribution < 1.29 is 50.9 Å². The third-order valence-corrected chi connectivity index (χ3v) is 6.12. The lowest BCUT2D eigenvalue weighted by Crippen LogP contribution is -2.36. The van der Waals surface area contributed by atoms with Crippen LogP contribution in [0.5, 0.6) is 0 Å². The second kappa shape index (κ2) is 12.2. The lowest BCUT2D eigenvalue weighted by atomic mass is 10.1. The van der Waals surface area contributed by atoms with Gasteiger partial charge in [-0.15, -0.1) is 11.3 Å². The summed E-state index contributed by atoms with van der Waals surface area (Å²) in [4.78, 5) is 40.2. The maximum absolute atomic E-state index is 12.4. The summed E-state index contributed by atoms with van der Waals surface area (Å²) in [5.74, 6) is -5.22. The fourth-order valence-corrected chi connectivity index (χ4v) is 4.43. The molecule has 15 heteroatoms. The SMILES string of the molecule is O=C(O)C(F)(F)F.O=C(O)C(F)(F)F.O=C1C[C@@H]2[C@H](CCN2Cc2cccs2)N1Cc1ccncc1. The molecule has 1 amide bonds. The molecule has 4 heterocycles. The van der Waals surface area contributed by atoms with Gasteiger partial charge in [0.25, 0.3) is 0 Å². The molecular formula is C21H21F6N3O5S. The topological polar surface area (TPSA) is 111 Å². The van der Waals surface area contributed by atoms with Crippen LogP contribution in [0.25, 0.3) is 0 Å². The van der Waals surface area contributed by atoms with Gasteiger partial charge in [0.2, 0.25) is 5.91 Å². The zero-order valence-electron chi connectivity index (χ0n) is 18.4. The van der Waals surface area contributed by atoms with Crippen molar-refractivity contribution in [3.8, 4) is 0 Å². The van der Waals surface area contributed by atoms with Crippen LogP contribution >= 0.6 is 11.3 Å². The van der Waals surface area contributed by atoms with Crippen molar-refractivity contribution in [2.45, 2.75) is 50.4 Å². The average molecular weight is 541 g/mol. The van der Waals surface area contributed by atoms with E-state index in [0.29, 0.717) is 24.4 Å². The number of carbonyl (C=O) groups is 3. The molecule has 36 heavy (non-hydrogen) atoms. The number of alkyl halides is 6. The number of carbonyl (C=O) groups excluding carboxylic acids is 1. The Hall–Kier alpha value is -3.20. The van der Waals surface area contributed by atoms with E-state index in [9.17, 15) is 31.1 Å². The highest BCUT2D eigenvalue weighted by molar-refractivity contribution is 7.09. The number of thiophene rings is 1.